The summed E-state index contributed by atoms with van der Waals surface area (Å²) in [6.07, 6.45) is 5.97. The van der Waals surface area contributed by atoms with Crippen molar-refractivity contribution in [3.63, 3.8) is 0 Å². The van der Waals surface area contributed by atoms with Crippen LogP contribution in [0.3, 0.4) is 0 Å². The van der Waals surface area contributed by atoms with E-state index in [1.54, 1.807) is 18.2 Å². The number of nitrogens with one attached hydrogen (secondary N) is 2. The van der Waals surface area contributed by atoms with Gasteiger partial charge in [0.2, 0.25) is 5.91 Å². The number of carbonyl (C=O) groups excluding carboxylic acids is 1. The van der Waals surface area contributed by atoms with Gasteiger partial charge in [-0.1, -0.05) is 55.8 Å². The Morgan fingerprint density at radius 2 is 1.85 bits per heavy atom. The van der Waals surface area contributed by atoms with E-state index in [9.17, 15) is 4.79 Å². The van der Waals surface area contributed by atoms with Gasteiger partial charge in [-0.05, 0) is 24.6 Å². The predicted molar refractivity (Wildman–Crippen MR) is 86.7 cm³/mol. The molecule has 112 valence electrons. The molecule has 0 radical (unpaired) electrons. The highest BCUT2D eigenvalue weighted by molar-refractivity contribution is 6.42. The third-order valence-corrected chi connectivity index (χ3v) is 3.71. The van der Waals surface area contributed by atoms with Crippen molar-refractivity contribution in [3.8, 4) is 0 Å². The number of halogens is 2. The number of carbonyl (C=O) groups is 1. The van der Waals surface area contributed by atoms with Crippen LogP contribution in [0.25, 0.3) is 0 Å². The van der Waals surface area contributed by atoms with E-state index in [-0.39, 0.29) is 12.5 Å². The fourth-order valence-corrected chi connectivity index (χ4v) is 2.11. The largest absolute Gasteiger partial charge is 0.376 e. The molecule has 0 bridgehead atoms. The average Bonchev–Trinajstić information content (AvgIpc) is 2.44. The van der Waals surface area contributed by atoms with Gasteiger partial charge in [-0.3, -0.25) is 4.79 Å². The average molecular weight is 317 g/mol. The number of hydrogen-bond donors (Lipinski definition) is 2. The van der Waals surface area contributed by atoms with Crippen molar-refractivity contribution in [1.29, 1.82) is 0 Å². The minimum Gasteiger partial charge on any atom is -0.376 e. The van der Waals surface area contributed by atoms with Crippen LogP contribution in [-0.2, 0) is 4.79 Å². The van der Waals surface area contributed by atoms with Gasteiger partial charge in [0.05, 0.1) is 16.6 Å². The molecule has 0 heterocycles. The minimum atomic E-state index is -0.00781. The SMILES string of the molecule is CCCCCCCNC(=O)CNc1ccc(Cl)c(Cl)c1. The molecule has 3 nitrogen and oxygen atoms in total. The molecule has 0 aliphatic rings. The molecule has 0 atom stereocenters. The molecule has 1 amide bonds. The number of unbranched alkanes of at least 4 members (excludes halogenated alkanes) is 4. The number of amides is 1. The van der Waals surface area contributed by atoms with Crippen molar-refractivity contribution < 1.29 is 4.79 Å². The smallest absolute Gasteiger partial charge is 0.239 e. The Morgan fingerprint density at radius 3 is 2.55 bits per heavy atom. The van der Waals surface area contributed by atoms with Crippen LogP contribution in [0.1, 0.15) is 39.0 Å². The zero-order valence-corrected chi connectivity index (χ0v) is 13.4. The molecular formula is C15H22Cl2N2O. The molecule has 1 aromatic rings. The second kappa shape index (κ2) is 9.89. The van der Waals surface area contributed by atoms with E-state index in [2.05, 4.69) is 17.6 Å². The fraction of sp³-hybridized carbons (Fsp3) is 0.533. The van der Waals surface area contributed by atoms with Gasteiger partial charge >= 0.3 is 0 Å². The number of rotatable bonds is 9. The van der Waals surface area contributed by atoms with E-state index in [1.807, 2.05) is 0 Å². The lowest BCUT2D eigenvalue weighted by Gasteiger charge is -2.08. The summed E-state index contributed by atoms with van der Waals surface area (Å²) in [5.41, 5.74) is 0.789. The Hall–Kier alpha value is -0.930. The summed E-state index contributed by atoms with van der Waals surface area (Å²) in [6.45, 7) is 3.18. The zero-order valence-electron chi connectivity index (χ0n) is 11.8. The molecule has 0 spiro atoms. The summed E-state index contributed by atoms with van der Waals surface area (Å²) in [5.74, 6) is -0.00781. The van der Waals surface area contributed by atoms with Crippen LogP contribution in [-0.4, -0.2) is 19.0 Å². The van der Waals surface area contributed by atoms with E-state index in [0.717, 1.165) is 18.7 Å². The highest BCUT2D eigenvalue weighted by Gasteiger charge is 2.02. The van der Waals surface area contributed by atoms with Gasteiger partial charge < -0.3 is 10.6 Å². The highest BCUT2D eigenvalue weighted by Crippen LogP contribution is 2.24. The lowest BCUT2D eigenvalue weighted by atomic mass is 10.1. The third kappa shape index (κ3) is 7.01. The Morgan fingerprint density at radius 1 is 1.10 bits per heavy atom. The van der Waals surface area contributed by atoms with Crippen molar-refractivity contribution >= 4 is 34.8 Å². The molecular weight excluding hydrogens is 295 g/mol. The summed E-state index contributed by atoms with van der Waals surface area (Å²) in [6, 6.07) is 5.21. The maximum absolute atomic E-state index is 11.6. The fourth-order valence-electron chi connectivity index (χ4n) is 1.81. The van der Waals surface area contributed by atoms with Gasteiger partial charge in [-0.2, -0.15) is 0 Å². The van der Waals surface area contributed by atoms with Crippen LogP contribution < -0.4 is 10.6 Å². The van der Waals surface area contributed by atoms with Crippen LogP contribution in [0.4, 0.5) is 5.69 Å². The van der Waals surface area contributed by atoms with Gasteiger partial charge in [-0.25, -0.2) is 0 Å². The van der Waals surface area contributed by atoms with Crippen LogP contribution in [0.5, 0.6) is 0 Å². The molecule has 0 unspecified atom stereocenters. The molecule has 0 saturated carbocycles. The topological polar surface area (TPSA) is 41.1 Å². The zero-order chi connectivity index (χ0) is 14.8. The van der Waals surface area contributed by atoms with E-state index in [4.69, 9.17) is 23.2 Å². The summed E-state index contributed by atoms with van der Waals surface area (Å²) in [5, 5.41) is 6.90. The van der Waals surface area contributed by atoms with Gasteiger partial charge in [0.25, 0.3) is 0 Å². The Bertz CT molecular complexity index is 424. The van der Waals surface area contributed by atoms with Gasteiger partial charge in [-0.15, -0.1) is 0 Å². The van der Waals surface area contributed by atoms with E-state index in [0.29, 0.717) is 10.0 Å². The monoisotopic (exact) mass is 316 g/mol. The molecule has 2 N–H and O–H groups in total. The number of benzene rings is 1. The Kier molecular flexibility index (Phi) is 8.47. The summed E-state index contributed by atoms with van der Waals surface area (Å²) < 4.78 is 0. The first-order chi connectivity index (χ1) is 9.63. The maximum atomic E-state index is 11.6. The summed E-state index contributed by atoms with van der Waals surface area (Å²) in [4.78, 5) is 11.6. The summed E-state index contributed by atoms with van der Waals surface area (Å²) >= 11 is 11.7. The van der Waals surface area contributed by atoms with Gasteiger partial charge in [0, 0.05) is 12.2 Å². The lowest BCUT2D eigenvalue weighted by molar-refractivity contribution is -0.119. The van der Waals surface area contributed by atoms with Crippen LogP contribution in [0.2, 0.25) is 10.0 Å². The van der Waals surface area contributed by atoms with Crippen molar-refractivity contribution in [1.82, 2.24) is 5.32 Å². The van der Waals surface area contributed by atoms with E-state index >= 15 is 0 Å². The standard InChI is InChI=1S/C15H22Cl2N2O/c1-2-3-4-5-6-9-18-15(20)11-19-12-7-8-13(16)14(17)10-12/h7-8,10,19H,2-6,9,11H2,1H3,(H,18,20). The van der Waals surface area contributed by atoms with Crippen molar-refractivity contribution in [2.45, 2.75) is 39.0 Å². The minimum absolute atomic E-state index is 0.00781. The number of anilines is 1. The second-order valence-electron chi connectivity index (χ2n) is 4.75. The predicted octanol–water partition coefficient (Wildman–Crippen LogP) is 4.49. The summed E-state index contributed by atoms with van der Waals surface area (Å²) in [7, 11) is 0. The second-order valence-corrected chi connectivity index (χ2v) is 5.56. The van der Waals surface area contributed by atoms with Crippen molar-refractivity contribution in [2.24, 2.45) is 0 Å². The van der Waals surface area contributed by atoms with E-state index in [1.165, 1.54) is 25.7 Å². The molecule has 20 heavy (non-hydrogen) atoms. The molecule has 0 aliphatic heterocycles. The molecule has 1 rings (SSSR count). The maximum Gasteiger partial charge on any atom is 0.239 e. The molecule has 0 aromatic heterocycles. The normalized spacial score (nSPS) is 10.3. The van der Waals surface area contributed by atoms with Crippen LogP contribution in [0.15, 0.2) is 18.2 Å². The molecule has 0 aliphatic carbocycles. The lowest BCUT2D eigenvalue weighted by Crippen LogP contribution is -2.30. The molecule has 1 aromatic carbocycles. The van der Waals surface area contributed by atoms with Crippen LogP contribution >= 0.6 is 23.2 Å². The Labute approximate surface area is 131 Å². The first-order valence-electron chi connectivity index (χ1n) is 7.09. The van der Waals surface area contributed by atoms with E-state index < -0.39 is 0 Å². The molecule has 0 fully saturated rings. The van der Waals surface area contributed by atoms with Crippen LogP contribution in [0, 0.1) is 0 Å². The third-order valence-electron chi connectivity index (χ3n) is 2.98. The molecule has 5 heteroatoms. The first-order valence-corrected chi connectivity index (χ1v) is 7.84. The van der Waals surface area contributed by atoms with Crippen molar-refractivity contribution in [3.05, 3.63) is 28.2 Å². The van der Waals surface area contributed by atoms with Gasteiger partial charge in [0.15, 0.2) is 0 Å². The number of hydrogen-bond acceptors (Lipinski definition) is 2. The molecule has 0 saturated heterocycles. The Balaban J connectivity index is 2.15. The first kappa shape index (κ1) is 17.1. The van der Waals surface area contributed by atoms with Crippen molar-refractivity contribution in [2.75, 3.05) is 18.4 Å². The van der Waals surface area contributed by atoms with Gasteiger partial charge in [0.1, 0.15) is 0 Å². The quantitative estimate of drug-likeness (QED) is 0.659. The highest BCUT2D eigenvalue weighted by atomic mass is 35.5.